The van der Waals surface area contributed by atoms with Gasteiger partial charge in [0.15, 0.2) is 5.78 Å². The number of hydrogen-bond acceptors (Lipinski definition) is 5. The Bertz CT molecular complexity index is 1400. The maximum atomic E-state index is 14.0. The number of amides is 1. The summed E-state index contributed by atoms with van der Waals surface area (Å²) in [4.78, 5) is 42.6. The van der Waals surface area contributed by atoms with Crippen molar-refractivity contribution >= 4 is 34.7 Å². The van der Waals surface area contributed by atoms with Crippen LogP contribution in [0, 0.1) is 0 Å². The molecule has 0 spiro atoms. The summed E-state index contributed by atoms with van der Waals surface area (Å²) in [6.45, 7) is 0. The molecule has 2 aliphatic rings. The van der Waals surface area contributed by atoms with Crippen LogP contribution >= 0.6 is 0 Å². The van der Waals surface area contributed by atoms with Gasteiger partial charge in [0.25, 0.3) is 0 Å². The van der Waals surface area contributed by atoms with E-state index in [4.69, 9.17) is 0 Å². The molecular weight excluding hydrogens is 478 g/mol. The summed E-state index contributed by atoms with van der Waals surface area (Å²) in [6, 6.07) is 24.6. The summed E-state index contributed by atoms with van der Waals surface area (Å²) < 4.78 is 0. The number of aliphatic carboxylic acids is 1. The van der Waals surface area contributed by atoms with Gasteiger partial charge in [-0.25, -0.2) is 0 Å². The van der Waals surface area contributed by atoms with Crippen LogP contribution in [-0.2, 0) is 14.4 Å². The Labute approximate surface area is 222 Å². The minimum absolute atomic E-state index is 0.00260. The summed E-state index contributed by atoms with van der Waals surface area (Å²) >= 11 is 0. The number of carboxylic acids is 1. The van der Waals surface area contributed by atoms with Crippen molar-refractivity contribution < 1.29 is 19.5 Å². The van der Waals surface area contributed by atoms with Crippen LogP contribution in [0.5, 0.6) is 0 Å². The van der Waals surface area contributed by atoms with Gasteiger partial charge in [0, 0.05) is 43.9 Å². The summed E-state index contributed by atoms with van der Waals surface area (Å²) in [5, 5.41) is 12.8. The van der Waals surface area contributed by atoms with Crippen LogP contribution in [0.3, 0.4) is 0 Å². The maximum Gasteiger partial charge on any atom is 0.303 e. The lowest BCUT2D eigenvalue weighted by atomic mass is 9.78. The number of nitrogens with one attached hydrogen (secondary N) is 1. The molecular formula is C31H31N3O4. The third kappa shape index (κ3) is 4.92. The average molecular weight is 510 g/mol. The summed E-state index contributed by atoms with van der Waals surface area (Å²) in [6.07, 6.45) is 0.512. The standard InChI is InChI=1S/C31H31N3O4/c1-33(2)23-14-12-20(13-15-23)22-18-25-30(27(35)19-22)31(21-8-4-3-5-9-21)34(28(36)16-17-29(37)38)26-11-7-6-10-24(26)32-25/h3-15,22,31-32H,16-19H2,1-2H3,(H,37,38)/t22-,31+/m0/s1. The first kappa shape index (κ1) is 25.3. The number of anilines is 3. The summed E-state index contributed by atoms with van der Waals surface area (Å²) in [5.41, 5.74) is 5.72. The molecule has 1 heterocycles. The van der Waals surface area contributed by atoms with Gasteiger partial charge in [0.2, 0.25) is 5.91 Å². The normalized spacial score (nSPS) is 18.7. The molecule has 194 valence electrons. The molecule has 1 aliphatic heterocycles. The number of para-hydroxylation sites is 2. The predicted octanol–water partition coefficient (Wildman–Crippen LogP) is 5.52. The molecule has 3 aromatic rings. The Morgan fingerprint density at radius 1 is 0.895 bits per heavy atom. The Balaban J connectivity index is 1.62. The summed E-state index contributed by atoms with van der Waals surface area (Å²) in [7, 11) is 3.99. The number of carbonyl (C=O) groups is 3. The highest BCUT2D eigenvalue weighted by Crippen LogP contribution is 2.47. The van der Waals surface area contributed by atoms with Crippen molar-refractivity contribution in [2.45, 2.75) is 37.6 Å². The van der Waals surface area contributed by atoms with Crippen molar-refractivity contribution in [2.24, 2.45) is 0 Å². The van der Waals surface area contributed by atoms with Crippen molar-refractivity contribution in [1.29, 1.82) is 0 Å². The number of rotatable bonds is 6. The van der Waals surface area contributed by atoms with E-state index in [1.807, 2.05) is 73.6 Å². The Morgan fingerprint density at radius 2 is 1.58 bits per heavy atom. The number of carboxylic acid groups (broad SMARTS) is 1. The quantitative estimate of drug-likeness (QED) is 0.455. The molecule has 7 heteroatoms. The molecule has 1 aliphatic carbocycles. The molecule has 7 nitrogen and oxygen atoms in total. The van der Waals surface area contributed by atoms with Crippen molar-refractivity contribution in [3.8, 4) is 0 Å². The second-order valence-electron chi connectivity index (χ2n) is 10.0. The van der Waals surface area contributed by atoms with Crippen LogP contribution in [0.2, 0.25) is 0 Å². The molecule has 0 bridgehead atoms. The largest absolute Gasteiger partial charge is 0.481 e. The van der Waals surface area contributed by atoms with Crippen molar-refractivity contribution in [2.75, 3.05) is 29.2 Å². The summed E-state index contributed by atoms with van der Waals surface area (Å²) in [5.74, 6) is -1.38. The van der Waals surface area contributed by atoms with E-state index in [0.29, 0.717) is 24.1 Å². The van der Waals surface area contributed by atoms with E-state index in [0.717, 1.165) is 28.2 Å². The Hall–Kier alpha value is -4.39. The first-order chi connectivity index (χ1) is 18.3. The average Bonchev–Trinajstić information content (AvgIpc) is 3.07. The Morgan fingerprint density at radius 3 is 2.26 bits per heavy atom. The predicted molar refractivity (Wildman–Crippen MR) is 148 cm³/mol. The van der Waals surface area contributed by atoms with E-state index < -0.39 is 12.0 Å². The van der Waals surface area contributed by atoms with Gasteiger partial charge in [0.1, 0.15) is 0 Å². The zero-order valence-electron chi connectivity index (χ0n) is 21.6. The molecule has 3 aromatic carbocycles. The molecule has 0 saturated heterocycles. The number of carbonyl (C=O) groups excluding carboxylic acids is 2. The zero-order chi connectivity index (χ0) is 26.8. The molecule has 38 heavy (non-hydrogen) atoms. The van der Waals surface area contributed by atoms with E-state index in [-0.39, 0.29) is 30.4 Å². The molecule has 2 N–H and O–H groups in total. The molecule has 0 fully saturated rings. The highest BCUT2D eigenvalue weighted by atomic mass is 16.4. The maximum absolute atomic E-state index is 14.0. The van der Waals surface area contributed by atoms with Crippen LogP contribution in [0.1, 0.15) is 48.8 Å². The monoisotopic (exact) mass is 509 g/mol. The van der Waals surface area contributed by atoms with E-state index in [2.05, 4.69) is 29.6 Å². The third-order valence-corrected chi connectivity index (χ3v) is 7.31. The van der Waals surface area contributed by atoms with Gasteiger partial charge in [-0.1, -0.05) is 54.6 Å². The fourth-order valence-electron chi connectivity index (χ4n) is 5.43. The van der Waals surface area contributed by atoms with E-state index in [1.165, 1.54) is 0 Å². The van der Waals surface area contributed by atoms with Gasteiger partial charge in [-0.3, -0.25) is 19.3 Å². The van der Waals surface area contributed by atoms with Gasteiger partial charge < -0.3 is 15.3 Å². The first-order valence-electron chi connectivity index (χ1n) is 12.8. The van der Waals surface area contributed by atoms with Crippen LogP contribution in [0.15, 0.2) is 90.1 Å². The van der Waals surface area contributed by atoms with Gasteiger partial charge >= 0.3 is 5.97 Å². The van der Waals surface area contributed by atoms with E-state index in [9.17, 15) is 19.5 Å². The van der Waals surface area contributed by atoms with Gasteiger partial charge in [0.05, 0.1) is 23.8 Å². The van der Waals surface area contributed by atoms with Gasteiger partial charge in [-0.05, 0) is 47.7 Å². The van der Waals surface area contributed by atoms with Crippen molar-refractivity contribution in [3.63, 3.8) is 0 Å². The molecule has 0 radical (unpaired) electrons. The van der Waals surface area contributed by atoms with Crippen LogP contribution in [0.25, 0.3) is 0 Å². The topological polar surface area (TPSA) is 90.0 Å². The highest BCUT2D eigenvalue weighted by Gasteiger charge is 2.41. The van der Waals surface area contributed by atoms with Crippen LogP contribution in [-0.4, -0.2) is 36.9 Å². The Kier molecular flexibility index (Phi) is 7.01. The fraction of sp³-hybridized carbons (Fsp3) is 0.258. The number of hydrogen-bond donors (Lipinski definition) is 2. The number of allylic oxidation sites excluding steroid dienone is 1. The molecule has 0 saturated carbocycles. The minimum atomic E-state index is -1.03. The number of Topliss-reactive ketones (excluding diaryl/α,β-unsaturated/α-hetero) is 1. The second-order valence-corrected chi connectivity index (χ2v) is 10.0. The van der Waals surface area contributed by atoms with Crippen LogP contribution < -0.4 is 15.1 Å². The molecule has 5 rings (SSSR count). The van der Waals surface area contributed by atoms with Crippen molar-refractivity contribution in [1.82, 2.24) is 0 Å². The fourth-order valence-corrected chi connectivity index (χ4v) is 5.43. The number of ketones is 1. The van der Waals surface area contributed by atoms with E-state index >= 15 is 0 Å². The molecule has 1 amide bonds. The zero-order valence-corrected chi connectivity index (χ0v) is 21.6. The van der Waals surface area contributed by atoms with Crippen LogP contribution in [0.4, 0.5) is 17.1 Å². The van der Waals surface area contributed by atoms with Gasteiger partial charge in [-0.2, -0.15) is 0 Å². The molecule has 0 aromatic heterocycles. The lowest BCUT2D eigenvalue weighted by Gasteiger charge is -2.35. The second kappa shape index (κ2) is 10.5. The number of nitrogens with zero attached hydrogens (tertiary/aromatic N) is 2. The number of benzene rings is 3. The highest BCUT2D eigenvalue weighted by molar-refractivity contribution is 6.06. The molecule has 0 unspecified atom stereocenters. The lowest BCUT2D eigenvalue weighted by Crippen LogP contribution is -2.38. The van der Waals surface area contributed by atoms with Gasteiger partial charge in [-0.15, -0.1) is 0 Å². The minimum Gasteiger partial charge on any atom is -0.481 e. The lowest BCUT2D eigenvalue weighted by molar-refractivity contribution is -0.138. The smallest absolute Gasteiger partial charge is 0.303 e. The first-order valence-corrected chi connectivity index (χ1v) is 12.8. The number of fused-ring (bicyclic) bond motifs is 1. The third-order valence-electron chi connectivity index (χ3n) is 7.31. The van der Waals surface area contributed by atoms with E-state index in [1.54, 1.807) is 4.90 Å². The SMILES string of the molecule is CN(C)c1ccc([C@@H]2CC(=O)C3=C(C2)Nc2ccccc2N(C(=O)CCC(=O)O)[C@@H]3c2ccccc2)cc1. The van der Waals surface area contributed by atoms with Crippen molar-refractivity contribution in [3.05, 3.63) is 101 Å². The molecule has 2 atom stereocenters.